The molecule has 0 aliphatic carbocycles. The van der Waals surface area contributed by atoms with Crippen LogP contribution in [-0.2, 0) is 28.6 Å². The van der Waals surface area contributed by atoms with E-state index in [4.69, 9.17) is 14.2 Å². The molecule has 1 aromatic rings. The van der Waals surface area contributed by atoms with Crippen LogP contribution in [-0.4, -0.2) is 31.8 Å². The van der Waals surface area contributed by atoms with E-state index in [9.17, 15) is 14.4 Å². The maximum absolute atomic E-state index is 12.8. The summed E-state index contributed by atoms with van der Waals surface area (Å²) in [6, 6.07) is 9.15. The first-order chi connectivity index (χ1) is 13.4. The largest absolute Gasteiger partial charge is 0.466 e. The lowest BCUT2D eigenvalue weighted by Gasteiger charge is -2.30. The van der Waals surface area contributed by atoms with Crippen molar-refractivity contribution in [2.24, 2.45) is 0 Å². The first-order valence-corrected chi connectivity index (χ1v) is 9.05. The van der Waals surface area contributed by atoms with Crippen LogP contribution in [0.25, 0.3) is 0 Å². The number of methoxy groups -OCH3 is 1. The summed E-state index contributed by atoms with van der Waals surface area (Å²) in [4.78, 5) is 36.7. The molecule has 0 aromatic heterocycles. The zero-order valence-corrected chi connectivity index (χ0v) is 16.5. The maximum Gasteiger partial charge on any atom is 0.339 e. The van der Waals surface area contributed by atoms with Gasteiger partial charge in [-0.05, 0) is 25.8 Å². The van der Waals surface area contributed by atoms with Crippen molar-refractivity contribution < 1.29 is 28.6 Å². The van der Waals surface area contributed by atoms with E-state index in [2.05, 4.69) is 5.32 Å². The van der Waals surface area contributed by atoms with E-state index in [-0.39, 0.29) is 12.0 Å². The summed E-state index contributed by atoms with van der Waals surface area (Å²) in [6.07, 6.45) is 0.894. The Bertz CT molecular complexity index is 809. The third-order valence-electron chi connectivity index (χ3n) is 4.38. The van der Waals surface area contributed by atoms with Crippen molar-refractivity contribution in [3.8, 4) is 0 Å². The molecule has 0 radical (unpaired) electrons. The van der Waals surface area contributed by atoms with Crippen molar-refractivity contribution >= 4 is 17.9 Å². The molecule has 1 atom stereocenters. The van der Waals surface area contributed by atoms with Gasteiger partial charge in [-0.2, -0.15) is 0 Å². The Kier molecular flexibility index (Phi) is 7.37. The van der Waals surface area contributed by atoms with E-state index in [1.165, 1.54) is 7.11 Å². The number of carbonyl (C=O) groups is 3. The van der Waals surface area contributed by atoms with Crippen molar-refractivity contribution in [1.82, 2.24) is 5.32 Å². The van der Waals surface area contributed by atoms with E-state index in [1.807, 2.05) is 37.3 Å². The zero-order chi connectivity index (χ0) is 20.7. The van der Waals surface area contributed by atoms with E-state index < -0.39 is 30.6 Å². The van der Waals surface area contributed by atoms with Crippen molar-refractivity contribution in [3.63, 3.8) is 0 Å². The van der Waals surface area contributed by atoms with Crippen LogP contribution >= 0.6 is 0 Å². The molecule has 0 amide bonds. The Labute approximate surface area is 164 Å². The van der Waals surface area contributed by atoms with Crippen LogP contribution in [0.3, 0.4) is 0 Å². The van der Waals surface area contributed by atoms with Crippen LogP contribution in [0.15, 0.2) is 52.9 Å². The fourth-order valence-electron chi connectivity index (χ4n) is 3.13. The second kappa shape index (κ2) is 9.73. The van der Waals surface area contributed by atoms with Gasteiger partial charge < -0.3 is 19.5 Å². The molecule has 1 aromatic carbocycles. The first-order valence-electron chi connectivity index (χ1n) is 9.05. The molecule has 1 unspecified atom stereocenters. The predicted molar refractivity (Wildman–Crippen MR) is 102 cm³/mol. The molecule has 1 heterocycles. The summed E-state index contributed by atoms with van der Waals surface area (Å²) < 4.78 is 15.0. The van der Waals surface area contributed by atoms with Gasteiger partial charge in [0.2, 0.25) is 6.79 Å². The number of hydrogen-bond acceptors (Lipinski definition) is 7. The normalized spacial score (nSPS) is 16.4. The second-order valence-electron chi connectivity index (χ2n) is 6.35. The standard InChI is InChI=1S/C21H25NO6/c1-5-9-16(23)27-12-28-21(25)18-14(3)22-13(2)17(20(24)26-4)19(18)15-10-7-6-8-11-15/h6-8,10-11,19,22H,5,9,12H2,1-4H3. The average molecular weight is 387 g/mol. The topological polar surface area (TPSA) is 90.9 Å². The van der Waals surface area contributed by atoms with Gasteiger partial charge >= 0.3 is 17.9 Å². The van der Waals surface area contributed by atoms with Crippen LogP contribution in [0.2, 0.25) is 0 Å². The summed E-state index contributed by atoms with van der Waals surface area (Å²) in [7, 11) is 1.29. The fraction of sp³-hybridized carbons (Fsp3) is 0.381. The number of benzene rings is 1. The number of ether oxygens (including phenoxy) is 3. The summed E-state index contributed by atoms with van der Waals surface area (Å²) in [6.45, 7) is 4.85. The van der Waals surface area contributed by atoms with Gasteiger partial charge in [-0.25, -0.2) is 9.59 Å². The van der Waals surface area contributed by atoms with Gasteiger partial charge in [0.05, 0.1) is 24.2 Å². The molecule has 7 nitrogen and oxygen atoms in total. The molecular weight excluding hydrogens is 362 g/mol. The molecule has 0 bridgehead atoms. The molecule has 0 fully saturated rings. The van der Waals surface area contributed by atoms with Crippen LogP contribution < -0.4 is 5.32 Å². The fourth-order valence-corrected chi connectivity index (χ4v) is 3.13. The molecular formula is C21H25NO6. The molecule has 1 N–H and O–H groups in total. The SMILES string of the molecule is CCCC(=O)OCOC(=O)C1=C(C)NC(C)=C(C(=O)OC)C1c1ccccc1. The highest BCUT2D eigenvalue weighted by Crippen LogP contribution is 2.39. The van der Waals surface area contributed by atoms with E-state index in [1.54, 1.807) is 13.8 Å². The van der Waals surface area contributed by atoms with Crippen LogP contribution in [0.4, 0.5) is 0 Å². The average Bonchev–Trinajstić information content (AvgIpc) is 2.67. The second-order valence-corrected chi connectivity index (χ2v) is 6.35. The van der Waals surface area contributed by atoms with Gasteiger partial charge in [-0.15, -0.1) is 0 Å². The first kappa shape index (κ1) is 21.2. The Morgan fingerprint density at radius 1 is 0.964 bits per heavy atom. The molecule has 0 spiro atoms. The number of dihydropyridines is 1. The number of esters is 3. The van der Waals surface area contributed by atoms with Gasteiger partial charge in [-0.3, -0.25) is 4.79 Å². The third kappa shape index (κ3) is 4.79. The highest BCUT2D eigenvalue weighted by Gasteiger charge is 2.37. The van der Waals surface area contributed by atoms with E-state index in [0.717, 1.165) is 5.56 Å². The predicted octanol–water partition coefficient (Wildman–Crippen LogP) is 2.94. The van der Waals surface area contributed by atoms with Gasteiger partial charge in [0, 0.05) is 17.8 Å². The zero-order valence-electron chi connectivity index (χ0n) is 16.5. The molecule has 2 rings (SSSR count). The van der Waals surface area contributed by atoms with Crippen LogP contribution in [0.5, 0.6) is 0 Å². The summed E-state index contributed by atoms with van der Waals surface area (Å²) in [5.41, 5.74) is 2.50. The van der Waals surface area contributed by atoms with Gasteiger partial charge in [0.15, 0.2) is 0 Å². The third-order valence-corrected chi connectivity index (χ3v) is 4.38. The Morgan fingerprint density at radius 3 is 2.14 bits per heavy atom. The molecule has 28 heavy (non-hydrogen) atoms. The molecule has 0 saturated heterocycles. The number of nitrogens with one attached hydrogen (secondary N) is 1. The lowest BCUT2D eigenvalue weighted by molar-refractivity contribution is -0.164. The minimum Gasteiger partial charge on any atom is -0.466 e. The summed E-state index contributed by atoms with van der Waals surface area (Å²) >= 11 is 0. The minimum atomic E-state index is -0.669. The van der Waals surface area contributed by atoms with Crippen molar-refractivity contribution in [1.29, 1.82) is 0 Å². The van der Waals surface area contributed by atoms with Gasteiger partial charge in [0.1, 0.15) is 0 Å². The van der Waals surface area contributed by atoms with E-state index >= 15 is 0 Å². The lowest BCUT2D eigenvalue weighted by atomic mass is 9.80. The van der Waals surface area contributed by atoms with Crippen molar-refractivity contribution in [2.75, 3.05) is 13.9 Å². The summed E-state index contributed by atoms with van der Waals surface area (Å²) in [5, 5.41) is 3.04. The van der Waals surface area contributed by atoms with Crippen LogP contribution in [0, 0.1) is 0 Å². The Morgan fingerprint density at radius 2 is 1.57 bits per heavy atom. The molecule has 1 aliphatic heterocycles. The quantitative estimate of drug-likeness (QED) is 0.568. The minimum absolute atomic E-state index is 0.252. The smallest absolute Gasteiger partial charge is 0.339 e. The Hall–Kier alpha value is -3.09. The van der Waals surface area contributed by atoms with Crippen molar-refractivity contribution in [3.05, 3.63) is 58.4 Å². The molecule has 0 saturated carbocycles. The van der Waals surface area contributed by atoms with Gasteiger partial charge in [-0.1, -0.05) is 37.3 Å². The summed E-state index contributed by atoms with van der Waals surface area (Å²) in [5.74, 6) is -2.30. The maximum atomic E-state index is 12.8. The lowest BCUT2D eigenvalue weighted by Crippen LogP contribution is -2.32. The van der Waals surface area contributed by atoms with Crippen molar-refractivity contribution in [2.45, 2.75) is 39.5 Å². The highest BCUT2D eigenvalue weighted by molar-refractivity contribution is 5.99. The monoisotopic (exact) mass is 387 g/mol. The van der Waals surface area contributed by atoms with Crippen LogP contribution in [0.1, 0.15) is 45.1 Å². The highest BCUT2D eigenvalue weighted by atomic mass is 16.7. The van der Waals surface area contributed by atoms with Gasteiger partial charge in [0.25, 0.3) is 0 Å². The number of carbonyl (C=O) groups excluding carboxylic acids is 3. The molecule has 150 valence electrons. The molecule has 7 heteroatoms. The number of rotatable bonds is 7. The number of allylic oxidation sites excluding steroid dienone is 2. The Balaban J connectivity index is 2.34. The van der Waals surface area contributed by atoms with E-state index in [0.29, 0.717) is 23.4 Å². The number of hydrogen-bond donors (Lipinski definition) is 1. The molecule has 1 aliphatic rings.